The van der Waals surface area contributed by atoms with E-state index in [0.29, 0.717) is 5.76 Å². The van der Waals surface area contributed by atoms with Crippen molar-refractivity contribution >= 4 is 11.6 Å². The van der Waals surface area contributed by atoms with Crippen LogP contribution >= 0.6 is 0 Å². The summed E-state index contributed by atoms with van der Waals surface area (Å²) in [5.41, 5.74) is 4.63. The zero-order valence-corrected chi connectivity index (χ0v) is 10.2. The Kier molecular flexibility index (Phi) is 4.20. The smallest absolute Gasteiger partial charge is 0.177 e. The van der Waals surface area contributed by atoms with E-state index in [2.05, 4.69) is 0 Å². The van der Waals surface area contributed by atoms with E-state index < -0.39 is 11.6 Å². The van der Waals surface area contributed by atoms with Crippen LogP contribution in [0.5, 0.6) is 0 Å². The molecular formula is C12H17NO4. The quantitative estimate of drug-likeness (QED) is 0.700. The molecule has 0 saturated carbocycles. The van der Waals surface area contributed by atoms with Crippen LogP contribution in [-0.2, 0) is 19.1 Å². The van der Waals surface area contributed by atoms with Crippen molar-refractivity contribution in [1.82, 2.24) is 0 Å². The number of rotatable bonds is 5. The molecule has 0 amide bonds. The van der Waals surface area contributed by atoms with E-state index in [4.69, 9.17) is 15.2 Å². The van der Waals surface area contributed by atoms with Gasteiger partial charge in [0.25, 0.3) is 0 Å². The molecule has 0 saturated heterocycles. The molecule has 0 bridgehead atoms. The summed E-state index contributed by atoms with van der Waals surface area (Å²) in [6.07, 6.45) is 4.57. The lowest BCUT2D eigenvalue weighted by atomic mass is 9.84. The Balaban J connectivity index is 2.99. The molecule has 0 aromatic carbocycles. The fraction of sp³-hybridized carbons (Fsp3) is 0.500. The summed E-state index contributed by atoms with van der Waals surface area (Å²) in [5, 5.41) is 0. The van der Waals surface area contributed by atoms with Gasteiger partial charge in [0.05, 0.1) is 19.6 Å². The van der Waals surface area contributed by atoms with E-state index in [1.165, 1.54) is 21.1 Å². The number of Topliss-reactive ketones (excluding diaryl/α,β-unsaturated/α-hetero) is 2. The summed E-state index contributed by atoms with van der Waals surface area (Å²) in [4.78, 5) is 23.0. The second-order valence-corrected chi connectivity index (χ2v) is 3.93. The van der Waals surface area contributed by atoms with E-state index >= 15 is 0 Å². The number of allylic oxidation sites excluding steroid dienone is 1. The summed E-state index contributed by atoms with van der Waals surface area (Å²) >= 11 is 0. The first kappa shape index (κ1) is 13.6. The third-order valence-electron chi connectivity index (χ3n) is 2.75. The first-order chi connectivity index (χ1) is 7.96. The second-order valence-electron chi connectivity index (χ2n) is 3.93. The van der Waals surface area contributed by atoms with Crippen LogP contribution in [-0.4, -0.2) is 37.4 Å². The lowest BCUT2D eigenvalue weighted by Crippen LogP contribution is -2.54. The van der Waals surface area contributed by atoms with E-state index in [1.807, 2.05) is 0 Å². The third kappa shape index (κ3) is 2.62. The first-order valence-corrected chi connectivity index (χ1v) is 5.24. The number of hydrogen-bond donors (Lipinski definition) is 1. The molecule has 0 heterocycles. The lowest BCUT2D eigenvalue weighted by Gasteiger charge is -2.34. The van der Waals surface area contributed by atoms with Crippen molar-refractivity contribution in [3.8, 4) is 0 Å². The van der Waals surface area contributed by atoms with E-state index in [0.717, 1.165) is 0 Å². The van der Waals surface area contributed by atoms with E-state index in [9.17, 15) is 9.59 Å². The zero-order chi connectivity index (χ0) is 13.1. The SMILES string of the molecule is COC1=CC(N)C(OC)(C(=O)CC(C)=O)C=C1. The molecule has 2 unspecified atom stereocenters. The summed E-state index contributed by atoms with van der Waals surface area (Å²) < 4.78 is 10.3. The van der Waals surface area contributed by atoms with Crippen LogP contribution in [0.1, 0.15) is 13.3 Å². The molecule has 17 heavy (non-hydrogen) atoms. The molecule has 0 aromatic heterocycles. The van der Waals surface area contributed by atoms with Crippen molar-refractivity contribution in [1.29, 1.82) is 0 Å². The van der Waals surface area contributed by atoms with Crippen molar-refractivity contribution in [3.05, 3.63) is 24.0 Å². The maximum absolute atomic E-state index is 12.0. The zero-order valence-electron chi connectivity index (χ0n) is 10.2. The predicted octanol–water partition coefficient (Wildman–Crippen LogP) is 0.347. The average molecular weight is 239 g/mol. The van der Waals surface area contributed by atoms with Gasteiger partial charge in [0.2, 0.25) is 0 Å². The molecule has 1 rings (SSSR count). The van der Waals surface area contributed by atoms with Crippen LogP contribution in [0.2, 0.25) is 0 Å². The molecular weight excluding hydrogens is 222 g/mol. The number of carbonyl (C=O) groups excluding carboxylic acids is 2. The minimum absolute atomic E-state index is 0.192. The number of hydrogen-bond acceptors (Lipinski definition) is 5. The molecule has 0 aromatic rings. The van der Waals surface area contributed by atoms with Gasteiger partial charge >= 0.3 is 0 Å². The van der Waals surface area contributed by atoms with Gasteiger partial charge in [-0.1, -0.05) is 0 Å². The van der Waals surface area contributed by atoms with Crippen LogP contribution in [0.3, 0.4) is 0 Å². The van der Waals surface area contributed by atoms with Crippen LogP contribution in [0.25, 0.3) is 0 Å². The van der Waals surface area contributed by atoms with Crippen molar-refractivity contribution in [2.75, 3.05) is 14.2 Å². The number of carbonyl (C=O) groups is 2. The van der Waals surface area contributed by atoms with Gasteiger partial charge < -0.3 is 15.2 Å². The van der Waals surface area contributed by atoms with Gasteiger partial charge in [-0.15, -0.1) is 0 Å². The highest BCUT2D eigenvalue weighted by molar-refractivity contribution is 6.04. The summed E-state index contributed by atoms with van der Waals surface area (Å²) in [5.74, 6) is 0.0111. The monoisotopic (exact) mass is 239 g/mol. The number of ketones is 2. The van der Waals surface area contributed by atoms with Gasteiger partial charge in [-0.25, -0.2) is 0 Å². The van der Waals surface area contributed by atoms with Crippen LogP contribution in [0.15, 0.2) is 24.0 Å². The standard InChI is InChI=1S/C12H17NO4/c1-8(14)6-11(15)12(17-3)5-4-9(16-2)7-10(12)13/h4-5,7,10H,6,13H2,1-3H3. The minimum Gasteiger partial charge on any atom is -0.497 e. The number of methoxy groups -OCH3 is 2. The maximum atomic E-state index is 12.0. The molecule has 0 fully saturated rings. The van der Waals surface area contributed by atoms with Crippen molar-refractivity contribution in [3.63, 3.8) is 0 Å². The largest absolute Gasteiger partial charge is 0.497 e. The number of nitrogens with two attached hydrogens (primary N) is 1. The maximum Gasteiger partial charge on any atom is 0.177 e. The topological polar surface area (TPSA) is 78.6 Å². The van der Waals surface area contributed by atoms with Crippen LogP contribution in [0, 0.1) is 0 Å². The highest BCUT2D eigenvalue weighted by Crippen LogP contribution is 2.26. The normalized spacial score (nSPS) is 27.5. The van der Waals surface area contributed by atoms with Gasteiger partial charge in [-0.3, -0.25) is 9.59 Å². The highest BCUT2D eigenvalue weighted by Gasteiger charge is 2.43. The first-order valence-electron chi connectivity index (χ1n) is 5.24. The van der Waals surface area contributed by atoms with Crippen molar-refractivity contribution in [2.45, 2.75) is 25.0 Å². The Morgan fingerprint density at radius 1 is 1.47 bits per heavy atom. The Morgan fingerprint density at radius 2 is 2.12 bits per heavy atom. The van der Waals surface area contributed by atoms with E-state index in [-0.39, 0.29) is 18.0 Å². The fourth-order valence-electron chi connectivity index (χ4n) is 1.77. The van der Waals surface area contributed by atoms with Crippen LogP contribution < -0.4 is 5.73 Å². The molecule has 0 aliphatic heterocycles. The van der Waals surface area contributed by atoms with Crippen molar-refractivity contribution in [2.24, 2.45) is 5.73 Å². The Bertz CT molecular complexity index is 386. The number of ether oxygens (including phenoxy) is 2. The van der Waals surface area contributed by atoms with Gasteiger partial charge in [0.1, 0.15) is 11.5 Å². The molecule has 5 nitrogen and oxygen atoms in total. The molecule has 2 atom stereocenters. The van der Waals surface area contributed by atoms with Crippen molar-refractivity contribution < 1.29 is 19.1 Å². The molecule has 5 heteroatoms. The third-order valence-corrected chi connectivity index (χ3v) is 2.75. The molecule has 1 aliphatic carbocycles. The second kappa shape index (κ2) is 5.25. The van der Waals surface area contributed by atoms with E-state index in [1.54, 1.807) is 18.2 Å². The molecule has 1 aliphatic rings. The summed E-state index contributed by atoms with van der Waals surface area (Å²) in [6.45, 7) is 1.36. The Morgan fingerprint density at radius 3 is 2.53 bits per heavy atom. The molecule has 0 radical (unpaired) electrons. The molecule has 0 spiro atoms. The highest BCUT2D eigenvalue weighted by atomic mass is 16.5. The van der Waals surface area contributed by atoms with Gasteiger partial charge in [-0.05, 0) is 25.2 Å². The average Bonchev–Trinajstić information content (AvgIpc) is 2.28. The minimum atomic E-state index is -1.27. The van der Waals surface area contributed by atoms with Gasteiger partial charge in [0, 0.05) is 7.11 Å². The predicted molar refractivity (Wildman–Crippen MR) is 62.3 cm³/mol. The lowest BCUT2D eigenvalue weighted by molar-refractivity contribution is -0.139. The molecule has 94 valence electrons. The Labute approximate surface area is 100 Å². The molecule has 2 N–H and O–H groups in total. The van der Waals surface area contributed by atoms with Gasteiger partial charge in [-0.2, -0.15) is 0 Å². The Hall–Kier alpha value is -1.46. The summed E-state index contributed by atoms with van der Waals surface area (Å²) in [6, 6.07) is -0.667. The fourth-order valence-corrected chi connectivity index (χ4v) is 1.77. The summed E-state index contributed by atoms with van der Waals surface area (Å²) in [7, 11) is 2.91. The van der Waals surface area contributed by atoms with Gasteiger partial charge in [0.15, 0.2) is 11.4 Å². The van der Waals surface area contributed by atoms with Crippen LogP contribution in [0.4, 0.5) is 0 Å².